The summed E-state index contributed by atoms with van der Waals surface area (Å²) in [5.74, 6) is -5.06. The van der Waals surface area contributed by atoms with Gasteiger partial charge in [0.15, 0.2) is 24.1 Å². The van der Waals surface area contributed by atoms with E-state index < -0.39 is 41.5 Å². The summed E-state index contributed by atoms with van der Waals surface area (Å²) in [5.41, 5.74) is 0.459. The van der Waals surface area contributed by atoms with Crippen molar-refractivity contribution in [2.45, 2.75) is 26.2 Å². The van der Waals surface area contributed by atoms with E-state index in [0.29, 0.717) is 11.8 Å². The summed E-state index contributed by atoms with van der Waals surface area (Å²) in [6.07, 6.45) is 0.910. The van der Waals surface area contributed by atoms with Crippen LogP contribution in [0, 0.1) is 17.5 Å². The smallest absolute Gasteiger partial charge is 0.258 e. The lowest BCUT2D eigenvalue weighted by Gasteiger charge is -2.15. The summed E-state index contributed by atoms with van der Waals surface area (Å²) in [4.78, 5) is 23.7. The second-order valence-electron chi connectivity index (χ2n) is 6.18. The van der Waals surface area contributed by atoms with Crippen LogP contribution in [-0.2, 0) is 9.59 Å². The number of benzene rings is 2. The van der Waals surface area contributed by atoms with Crippen LogP contribution in [0.3, 0.4) is 0 Å². The van der Waals surface area contributed by atoms with Gasteiger partial charge < -0.3 is 15.4 Å². The van der Waals surface area contributed by atoms with Crippen molar-refractivity contribution in [2.75, 3.05) is 18.5 Å². The van der Waals surface area contributed by atoms with E-state index in [1.165, 1.54) is 0 Å². The molecular formula is C20H21F3N2O3. The number of para-hydroxylation sites is 1. The maximum atomic E-state index is 13.5. The third-order valence-electron chi connectivity index (χ3n) is 4.18. The van der Waals surface area contributed by atoms with E-state index >= 15 is 0 Å². The molecule has 0 aromatic heterocycles. The summed E-state index contributed by atoms with van der Waals surface area (Å²) >= 11 is 0. The van der Waals surface area contributed by atoms with Gasteiger partial charge in [0.25, 0.3) is 5.91 Å². The van der Waals surface area contributed by atoms with Gasteiger partial charge in [0.05, 0.1) is 12.2 Å². The summed E-state index contributed by atoms with van der Waals surface area (Å²) in [7, 11) is 0. The van der Waals surface area contributed by atoms with Gasteiger partial charge in [-0.15, -0.1) is 0 Å². The fourth-order valence-corrected chi connectivity index (χ4v) is 2.43. The molecule has 2 aromatic rings. The van der Waals surface area contributed by atoms with Gasteiger partial charge in [-0.05, 0) is 36.1 Å². The Hall–Kier alpha value is -3.03. The molecule has 1 unspecified atom stereocenters. The van der Waals surface area contributed by atoms with E-state index in [2.05, 4.69) is 10.6 Å². The monoisotopic (exact) mass is 394 g/mol. The van der Waals surface area contributed by atoms with E-state index in [0.717, 1.165) is 18.1 Å². The number of hydrogen-bond acceptors (Lipinski definition) is 3. The molecule has 2 N–H and O–H groups in total. The molecule has 0 saturated carbocycles. The number of halogens is 3. The van der Waals surface area contributed by atoms with Gasteiger partial charge in [-0.1, -0.05) is 32.0 Å². The summed E-state index contributed by atoms with van der Waals surface area (Å²) in [6, 6.07) is 8.94. The highest BCUT2D eigenvalue weighted by Crippen LogP contribution is 2.28. The molecule has 1 atom stereocenters. The average molecular weight is 394 g/mol. The molecule has 0 bridgehead atoms. The van der Waals surface area contributed by atoms with Crippen LogP contribution in [0.15, 0.2) is 36.4 Å². The molecule has 2 amide bonds. The molecular weight excluding hydrogens is 373 g/mol. The highest BCUT2D eigenvalue weighted by molar-refractivity contribution is 5.94. The average Bonchev–Trinajstić information content (AvgIpc) is 2.70. The fourth-order valence-electron chi connectivity index (χ4n) is 2.43. The highest BCUT2D eigenvalue weighted by Gasteiger charge is 2.16. The normalized spacial score (nSPS) is 11.6. The lowest BCUT2D eigenvalue weighted by atomic mass is 9.98. The number of amides is 2. The molecule has 0 fully saturated rings. The van der Waals surface area contributed by atoms with Crippen molar-refractivity contribution in [1.29, 1.82) is 0 Å². The van der Waals surface area contributed by atoms with Crippen molar-refractivity contribution < 1.29 is 27.5 Å². The van der Waals surface area contributed by atoms with Gasteiger partial charge >= 0.3 is 0 Å². The second kappa shape index (κ2) is 9.77. The van der Waals surface area contributed by atoms with Crippen molar-refractivity contribution in [1.82, 2.24) is 5.32 Å². The molecule has 0 spiro atoms. The van der Waals surface area contributed by atoms with E-state index in [1.807, 2.05) is 26.0 Å². The Bertz CT molecular complexity index is 859. The summed E-state index contributed by atoms with van der Waals surface area (Å²) in [5, 5.41) is 4.38. The Morgan fingerprint density at radius 3 is 2.46 bits per heavy atom. The Morgan fingerprint density at radius 2 is 1.75 bits per heavy atom. The molecule has 2 aromatic carbocycles. The van der Waals surface area contributed by atoms with Crippen LogP contribution >= 0.6 is 0 Å². The molecule has 0 heterocycles. The lowest BCUT2D eigenvalue weighted by Crippen LogP contribution is -2.36. The van der Waals surface area contributed by atoms with Crippen LogP contribution in [0.1, 0.15) is 31.7 Å². The van der Waals surface area contributed by atoms with Gasteiger partial charge in [-0.2, -0.15) is 0 Å². The van der Waals surface area contributed by atoms with E-state index in [-0.39, 0.29) is 12.5 Å². The van der Waals surface area contributed by atoms with Crippen LogP contribution in [0.4, 0.5) is 18.9 Å². The van der Waals surface area contributed by atoms with Crippen LogP contribution in [0.5, 0.6) is 5.75 Å². The molecule has 0 aliphatic carbocycles. The summed E-state index contributed by atoms with van der Waals surface area (Å²) < 4.78 is 45.1. The van der Waals surface area contributed by atoms with Gasteiger partial charge in [0, 0.05) is 0 Å². The van der Waals surface area contributed by atoms with Gasteiger partial charge in [0.1, 0.15) is 5.75 Å². The van der Waals surface area contributed by atoms with Crippen molar-refractivity contribution >= 4 is 17.5 Å². The molecule has 8 heteroatoms. The molecule has 28 heavy (non-hydrogen) atoms. The van der Waals surface area contributed by atoms with Gasteiger partial charge in [-0.25, -0.2) is 13.2 Å². The van der Waals surface area contributed by atoms with E-state index in [4.69, 9.17) is 4.74 Å². The molecule has 5 nitrogen and oxygen atoms in total. The number of rotatable bonds is 8. The Labute approximate surface area is 160 Å². The van der Waals surface area contributed by atoms with Crippen molar-refractivity contribution in [3.63, 3.8) is 0 Å². The number of hydrogen-bond donors (Lipinski definition) is 2. The number of carbonyl (C=O) groups excluding carboxylic acids is 2. The number of anilines is 1. The van der Waals surface area contributed by atoms with Crippen molar-refractivity contribution in [3.8, 4) is 5.75 Å². The molecule has 0 aliphatic rings. The van der Waals surface area contributed by atoms with Gasteiger partial charge in [0.2, 0.25) is 5.91 Å². The van der Waals surface area contributed by atoms with Crippen LogP contribution < -0.4 is 15.4 Å². The quantitative estimate of drug-likeness (QED) is 0.670. The first-order valence-electron chi connectivity index (χ1n) is 8.75. The lowest BCUT2D eigenvalue weighted by molar-refractivity contribution is -0.125. The zero-order chi connectivity index (χ0) is 20.7. The zero-order valence-electron chi connectivity index (χ0n) is 15.5. The summed E-state index contributed by atoms with van der Waals surface area (Å²) in [6.45, 7) is 3.31. The first kappa shape index (κ1) is 21.3. The predicted molar refractivity (Wildman–Crippen MR) is 98.6 cm³/mol. The Balaban J connectivity index is 1.85. The van der Waals surface area contributed by atoms with Crippen molar-refractivity contribution in [3.05, 3.63) is 59.4 Å². The Kier molecular flexibility index (Phi) is 7.43. The maximum absolute atomic E-state index is 13.5. The topological polar surface area (TPSA) is 67.4 Å². The Morgan fingerprint density at radius 1 is 1.04 bits per heavy atom. The minimum Gasteiger partial charge on any atom is -0.483 e. The first-order chi connectivity index (χ1) is 13.3. The number of nitrogens with one attached hydrogen (secondary N) is 2. The minimum atomic E-state index is -1.68. The van der Waals surface area contributed by atoms with E-state index in [9.17, 15) is 22.8 Å². The van der Waals surface area contributed by atoms with Crippen molar-refractivity contribution in [2.24, 2.45) is 0 Å². The standard InChI is InChI=1S/C20H21F3N2O3/c1-3-12(2)13-6-4-5-7-16(13)28-11-18(27)24-10-17(26)25-15-9-8-14(21)19(22)20(15)23/h4-9,12H,3,10-11H2,1-2H3,(H,24,27)(H,25,26). The predicted octanol–water partition coefficient (Wildman–Crippen LogP) is 3.75. The molecule has 0 saturated heterocycles. The minimum absolute atomic E-state index is 0.260. The van der Waals surface area contributed by atoms with Crippen LogP contribution in [0.2, 0.25) is 0 Å². The maximum Gasteiger partial charge on any atom is 0.258 e. The largest absolute Gasteiger partial charge is 0.483 e. The first-order valence-corrected chi connectivity index (χ1v) is 8.75. The van der Waals surface area contributed by atoms with Crippen LogP contribution in [-0.4, -0.2) is 25.0 Å². The molecule has 0 aliphatic heterocycles. The molecule has 150 valence electrons. The second-order valence-corrected chi connectivity index (χ2v) is 6.18. The third kappa shape index (κ3) is 5.48. The molecule has 2 rings (SSSR count). The third-order valence-corrected chi connectivity index (χ3v) is 4.18. The zero-order valence-corrected chi connectivity index (χ0v) is 15.5. The van der Waals surface area contributed by atoms with Crippen LogP contribution in [0.25, 0.3) is 0 Å². The SMILES string of the molecule is CCC(C)c1ccccc1OCC(=O)NCC(=O)Nc1ccc(F)c(F)c1F. The van der Waals surface area contributed by atoms with E-state index in [1.54, 1.807) is 12.1 Å². The number of carbonyl (C=O) groups is 2. The molecule has 0 radical (unpaired) electrons. The fraction of sp³-hybridized carbons (Fsp3) is 0.300. The highest BCUT2D eigenvalue weighted by atomic mass is 19.2. The number of ether oxygens (including phenoxy) is 1. The van der Waals surface area contributed by atoms with Gasteiger partial charge in [-0.3, -0.25) is 9.59 Å².